The average molecular weight is 498 g/mol. The fourth-order valence-corrected chi connectivity index (χ4v) is 3.39. The van der Waals surface area contributed by atoms with E-state index in [0.29, 0.717) is 6.07 Å². The lowest BCUT2D eigenvalue weighted by atomic mass is 9.96. The molecule has 1 heterocycles. The summed E-state index contributed by atoms with van der Waals surface area (Å²) in [6.07, 6.45) is -1.46. The topological polar surface area (TPSA) is 93.3 Å². The molecule has 34 heavy (non-hydrogen) atoms. The number of ether oxygens (including phenoxy) is 2. The van der Waals surface area contributed by atoms with Gasteiger partial charge in [-0.05, 0) is 43.5 Å². The maximum absolute atomic E-state index is 13.8. The van der Waals surface area contributed by atoms with Crippen molar-refractivity contribution in [3.8, 4) is 17.2 Å². The molecule has 0 unspecified atom stereocenters. The van der Waals surface area contributed by atoms with Gasteiger partial charge in [0.25, 0.3) is 11.5 Å². The molecule has 0 radical (unpaired) electrons. The summed E-state index contributed by atoms with van der Waals surface area (Å²) in [6.45, 7) is 0. The predicted octanol–water partition coefficient (Wildman–Crippen LogP) is 5.56. The van der Waals surface area contributed by atoms with Crippen LogP contribution in [-0.4, -0.2) is 22.2 Å². The maximum atomic E-state index is 13.8. The lowest BCUT2D eigenvalue weighted by Gasteiger charge is -2.27. The van der Waals surface area contributed by atoms with Crippen molar-refractivity contribution in [3.63, 3.8) is 0 Å². The molecular formula is C22H16ClF4N3O4. The van der Waals surface area contributed by atoms with Crippen LogP contribution in [0.1, 0.15) is 35.2 Å². The molecule has 2 N–H and O–H groups in total. The van der Waals surface area contributed by atoms with Crippen LogP contribution < -0.4 is 20.3 Å². The minimum Gasteiger partial charge on any atom is -0.486 e. The fourth-order valence-electron chi connectivity index (χ4n) is 3.12. The highest BCUT2D eigenvalue weighted by molar-refractivity contribution is 6.32. The lowest BCUT2D eigenvalue weighted by molar-refractivity contribution is -0.137. The number of anilines is 1. The number of rotatable bonds is 6. The summed E-state index contributed by atoms with van der Waals surface area (Å²) in [4.78, 5) is 24.3. The first-order valence-electron chi connectivity index (χ1n) is 10.0. The van der Waals surface area contributed by atoms with Gasteiger partial charge in [0.15, 0.2) is 11.5 Å². The van der Waals surface area contributed by atoms with Gasteiger partial charge in [-0.3, -0.25) is 9.59 Å². The number of amides is 1. The van der Waals surface area contributed by atoms with Gasteiger partial charge in [0.1, 0.15) is 11.6 Å². The monoisotopic (exact) mass is 497 g/mol. The van der Waals surface area contributed by atoms with Gasteiger partial charge in [0.2, 0.25) is 0 Å². The van der Waals surface area contributed by atoms with Crippen LogP contribution in [0.4, 0.5) is 23.2 Å². The molecule has 1 fully saturated rings. The van der Waals surface area contributed by atoms with Crippen molar-refractivity contribution in [1.82, 2.24) is 10.2 Å². The number of hydrogen-bond donors (Lipinski definition) is 2. The molecule has 0 spiro atoms. The molecule has 7 nitrogen and oxygen atoms in total. The quantitative estimate of drug-likeness (QED) is 0.435. The third kappa shape index (κ3) is 5.30. The highest BCUT2D eigenvalue weighted by Gasteiger charge is 2.35. The number of nitrogens with one attached hydrogen (secondary N) is 2. The van der Waals surface area contributed by atoms with Crippen molar-refractivity contribution < 1.29 is 31.8 Å². The predicted molar refractivity (Wildman–Crippen MR) is 114 cm³/mol. The minimum absolute atomic E-state index is 0.00786. The van der Waals surface area contributed by atoms with Crippen molar-refractivity contribution in [3.05, 3.63) is 74.9 Å². The molecule has 178 valence electrons. The van der Waals surface area contributed by atoms with Crippen LogP contribution in [0.25, 0.3) is 0 Å². The van der Waals surface area contributed by atoms with Crippen LogP contribution in [0.2, 0.25) is 5.02 Å². The van der Waals surface area contributed by atoms with Gasteiger partial charge in [0, 0.05) is 12.1 Å². The van der Waals surface area contributed by atoms with Crippen LogP contribution >= 0.6 is 11.6 Å². The molecule has 2 aromatic carbocycles. The summed E-state index contributed by atoms with van der Waals surface area (Å²) in [5, 5.41) is 7.28. The highest BCUT2D eigenvalue weighted by atomic mass is 35.5. The molecule has 0 atom stereocenters. The molecule has 1 aromatic heterocycles. The minimum atomic E-state index is -4.84. The maximum Gasteiger partial charge on any atom is 0.417 e. The van der Waals surface area contributed by atoms with E-state index >= 15 is 0 Å². The third-order valence-electron chi connectivity index (χ3n) is 5.01. The van der Waals surface area contributed by atoms with Crippen molar-refractivity contribution in [2.75, 3.05) is 5.32 Å². The van der Waals surface area contributed by atoms with Crippen molar-refractivity contribution in [2.45, 2.75) is 31.5 Å². The molecule has 0 bridgehead atoms. The van der Waals surface area contributed by atoms with E-state index in [9.17, 15) is 27.2 Å². The molecule has 0 saturated heterocycles. The van der Waals surface area contributed by atoms with E-state index in [2.05, 4.69) is 15.5 Å². The van der Waals surface area contributed by atoms with Gasteiger partial charge >= 0.3 is 6.18 Å². The third-order valence-corrected chi connectivity index (χ3v) is 5.33. The van der Waals surface area contributed by atoms with Gasteiger partial charge < -0.3 is 14.8 Å². The first kappa shape index (κ1) is 23.6. The van der Waals surface area contributed by atoms with E-state index in [1.54, 1.807) is 0 Å². The zero-order chi connectivity index (χ0) is 24.5. The Bertz CT molecular complexity index is 1290. The average Bonchev–Trinajstić information content (AvgIpc) is 2.72. The van der Waals surface area contributed by atoms with Crippen molar-refractivity contribution >= 4 is 23.2 Å². The number of H-pyrrole nitrogens is 1. The van der Waals surface area contributed by atoms with Gasteiger partial charge in [-0.15, -0.1) is 0 Å². The molecular weight excluding hydrogens is 482 g/mol. The highest BCUT2D eigenvalue weighted by Crippen LogP contribution is 2.42. The van der Waals surface area contributed by atoms with Crippen LogP contribution in [0.15, 0.2) is 47.4 Å². The second-order valence-corrected chi connectivity index (χ2v) is 7.89. The Labute approximate surface area is 194 Å². The molecule has 1 aliphatic rings. The van der Waals surface area contributed by atoms with Crippen LogP contribution in [0.5, 0.6) is 17.2 Å². The van der Waals surface area contributed by atoms with Gasteiger partial charge in [-0.25, -0.2) is 9.49 Å². The number of hydrogen-bond acceptors (Lipinski definition) is 5. The number of aromatic nitrogens is 2. The Morgan fingerprint density at radius 3 is 2.53 bits per heavy atom. The van der Waals surface area contributed by atoms with Gasteiger partial charge in [-0.2, -0.15) is 18.3 Å². The Morgan fingerprint density at radius 1 is 1.12 bits per heavy atom. The first-order valence-corrected chi connectivity index (χ1v) is 10.4. The summed E-state index contributed by atoms with van der Waals surface area (Å²) >= 11 is 5.81. The Hall–Kier alpha value is -3.60. The van der Waals surface area contributed by atoms with Crippen LogP contribution in [0, 0.1) is 5.82 Å². The number of halogens is 5. The molecule has 1 saturated carbocycles. The molecule has 3 aromatic rings. The standard InChI is InChI=1S/C22H16ClF4N3O4/c23-16-8-14(21(32)29-12-7-20(31)30-28-10-12)18(9-15(16)22(25,26)27)34-17-5-4-11(24)6-19(17)33-13-2-1-3-13/h4-10,13H,1-3H2,(H2,29,30,31,32). The summed E-state index contributed by atoms with van der Waals surface area (Å²) in [5.74, 6) is -2.15. The smallest absolute Gasteiger partial charge is 0.417 e. The number of alkyl halides is 3. The first-order chi connectivity index (χ1) is 16.1. The van der Waals surface area contributed by atoms with Crippen molar-refractivity contribution in [1.29, 1.82) is 0 Å². The van der Waals surface area contributed by atoms with E-state index < -0.39 is 39.8 Å². The normalized spacial score (nSPS) is 13.8. The fraction of sp³-hybridized carbons (Fsp3) is 0.227. The second kappa shape index (κ2) is 9.34. The molecule has 4 rings (SSSR count). The largest absolute Gasteiger partial charge is 0.486 e. The van der Waals surface area contributed by atoms with Crippen molar-refractivity contribution in [2.24, 2.45) is 0 Å². The number of nitrogens with zero attached hydrogens (tertiary/aromatic N) is 1. The lowest BCUT2D eigenvalue weighted by Crippen LogP contribution is -2.24. The van der Waals surface area contributed by atoms with E-state index in [0.717, 1.165) is 49.7 Å². The van der Waals surface area contributed by atoms with E-state index in [-0.39, 0.29) is 28.9 Å². The van der Waals surface area contributed by atoms with E-state index in [1.807, 2.05) is 0 Å². The van der Waals surface area contributed by atoms with Gasteiger partial charge in [-0.1, -0.05) is 11.6 Å². The van der Waals surface area contributed by atoms with Crippen LogP contribution in [0.3, 0.4) is 0 Å². The number of aromatic amines is 1. The summed E-state index contributed by atoms with van der Waals surface area (Å²) in [5.41, 5.74) is -2.21. The number of benzene rings is 2. The molecule has 12 heteroatoms. The Morgan fingerprint density at radius 2 is 1.88 bits per heavy atom. The zero-order valence-electron chi connectivity index (χ0n) is 17.2. The summed E-state index contributed by atoms with van der Waals surface area (Å²) in [6, 6.07) is 5.69. The van der Waals surface area contributed by atoms with E-state index in [4.69, 9.17) is 21.1 Å². The van der Waals surface area contributed by atoms with E-state index in [1.165, 1.54) is 6.07 Å². The number of carbonyl (C=O) groups excluding carboxylic acids is 1. The molecule has 0 aliphatic heterocycles. The summed E-state index contributed by atoms with van der Waals surface area (Å²) < 4.78 is 65.6. The SMILES string of the molecule is O=C(Nc1cn[nH]c(=O)c1)c1cc(Cl)c(C(F)(F)F)cc1Oc1ccc(F)cc1OC1CCC1. The zero-order valence-corrected chi connectivity index (χ0v) is 18.0. The summed E-state index contributed by atoms with van der Waals surface area (Å²) in [7, 11) is 0. The molecule has 1 aliphatic carbocycles. The second-order valence-electron chi connectivity index (χ2n) is 7.48. The molecule has 1 amide bonds. The number of carbonyl (C=O) groups is 1. The van der Waals surface area contributed by atoms with Gasteiger partial charge in [0.05, 0.1) is 34.1 Å². The Balaban J connectivity index is 1.74. The van der Waals surface area contributed by atoms with Crippen LogP contribution in [-0.2, 0) is 6.18 Å². The Kier molecular flexibility index (Phi) is 6.47.